The summed E-state index contributed by atoms with van der Waals surface area (Å²) in [6, 6.07) is 3.19. The minimum atomic E-state index is -3.38. The second-order valence-corrected chi connectivity index (χ2v) is 8.18. The number of piperazine rings is 1. The Morgan fingerprint density at radius 1 is 1.32 bits per heavy atom. The topological polar surface area (TPSA) is 49.9 Å². The van der Waals surface area contributed by atoms with Gasteiger partial charge in [0.05, 0.1) is 10.9 Å². The zero-order valence-corrected chi connectivity index (χ0v) is 13.1. The Kier molecular flexibility index (Phi) is 5.22. The minimum Gasteiger partial charge on any atom is -0.383 e. The first-order valence-corrected chi connectivity index (χ1v) is 8.64. The van der Waals surface area contributed by atoms with E-state index in [2.05, 4.69) is 4.90 Å². The van der Waals surface area contributed by atoms with Crippen LogP contribution in [0.4, 0.5) is 0 Å². The summed E-state index contributed by atoms with van der Waals surface area (Å²) < 4.78 is 32.1. The molecule has 1 saturated heterocycles. The minimum absolute atomic E-state index is 0.322. The fourth-order valence-corrected chi connectivity index (χ4v) is 5.04. The fourth-order valence-electron chi connectivity index (χ4n) is 1.98. The highest BCUT2D eigenvalue weighted by atomic mass is 35.5. The predicted octanol–water partition coefficient (Wildman–Crippen LogP) is 1.35. The molecule has 0 radical (unpaired) electrons. The molecular formula is C11H17ClN2O3S2. The van der Waals surface area contributed by atoms with Crippen LogP contribution in [0, 0.1) is 0 Å². The quantitative estimate of drug-likeness (QED) is 0.820. The maximum Gasteiger partial charge on any atom is 0.252 e. The first-order valence-electron chi connectivity index (χ1n) is 6.01. The van der Waals surface area contributed by atoms with Gasteiger partial charge in [0.15, 0.2) is 0 Å². The van der Waals surface area contributed by atoms with Gasteiger partial charge < -0.3 is 4.74 Å². The molecule has 0 N–H and O–H groups in total. The van der Waals surface area contributed by atoms with Gasteiger partial charge in [-0.2, -0.15) is 4.31 Å². The molecule has 0 atom stereocenters. The number of ether oxygens (including phenoxy) is 1. The van der Waals surface area contributed by atoms with Crippen molar-refractivity contribution in [2.24, 2.45) is 0 Å². The molecule has 1 fully saturated rings. The second kappa shape index (κ2) is 6.51. The van der Waals surface area contributed by atoms with Crippen molar-refractivity contribution in [3.63, 3.8) is 0 Å². The first-order chi connectivity index (χ1) is 9.04. The SMILES string of the molecule is COCCN1CCN(S(=O)(=O)c2ccc(Cl)s2)CC1. The highest BCUT2D eigenvalue weighted by molar-refractivity contribution is 7.91. The number of hydrogen-bond donors (Lipinski definition) is 0. The summed E-state index contributed by atoms with van der Waals surface area (Å²) in [5.41, 5.74) is 0. The highest BCUT2D eigenvalue weighted by Gasteiger charge is 2.29. The van der Waals surface area contributed by atoms with Crippen LogP contribution in [0.2, 0.25) is 4.34 Å². The van der Waals surface area contributed by atoms with Crippen LogP contribution >= 0.6 is 22.9 Å². The number of nitrogens with zero attached hydrogens (tertiary/aromatic N) is 2. The number of rotatable bonds is 5. The Hall–Kier alpha value is -0.180. The van der Waals surface area contributed by atoms with Crippen molar-refractivity contribution in [3.8, 4) is 0 Å². The molecule has 0 unspecified atom stereocenters. The van der Waals surface area contributed by atoms with E-state index in [-0.39, 0.29) is 0 Å². The van der Waals surface area contributed by atoms with E-state index in [4.69, 9.17) is 16.3 Å². The van der Waals surface area contributed by atoms with Crippen molar-refractivity contribution in [3.05, 3.63) is 16.5 Å². The van der Waals surface area contributed by atoms with E-state index in [0.29, 0.717) is 28.2 Å². The van der Waals surface area contributed by atoms with Crippen molar-refractivity contribution in [2.45, 2.75) is 4.21 Å². The first kappa shape index (κ1) is 15.2. The van der Waals surface area contributed by atoms with Gasteiger partial charge in [-0.1, -0.05) is 11.6 Å². The van der Waals surface area contributed by atoms with E-state index in [1.54, 1.807) is 19.2 Å². The van der Waals surface area contributed by atoms with Crippen LogP contribution in [-0.2, 0) is 14.8 Å². The van der Waals surface area contributed by atoms with Crippen molar-refractivity contribution in [1.29, 1.82) is 0 Å². The summed E-state index contributed by atoms with van der Waals surface area (Å²) in [6.45, 7) is 4.02. The monoisotopic (exact) mass is 324 g/mol. The average Bonchev–Trinajstić information content (AvgIpc) is 2.84. The van der Waals surface area contributed by atoms with Crippen LogP contribution in [0.25, 0.3) is 0 Å². The lowest BCUT2D eigenvalue weighted by Crippen LogP contribution is -2.49. The third-order valence-electron chi connectivity index (χ3n) is 3.09. The van der Waals surface area contributed by atoms with Crippen molar-refractivity contribution in [2.75, 3.05) is 46.4 Å². The van der Waals surface area contributed by atoms with E-state index in [9.17, 15) is 8.42 Å². The molecule has 0 aromatic carbocycles. The third kappa shape index (κ3) is 3.68. The summed E-state index contributed by atoms with van der Waals surface area (Å²) in [7, 11) is -1.71. The lowest BCUT2D eigenvalue weighted by Gasteiger charge is -2.33. The van der Waals surface area contributed by atoms with Crippen LogP contribution in [0.15, 0.2) is 16.3 Å². The normalized spacial score (nSPS) is 18.8. The van der Waals surface area contributed by atoms with E-state index < -0.39 is 10.0 Å². The predicted molar refractivity (Wildman–Crippen MR) is 76.4 cm³/mol. The van der Waals surface area contributed by atoms with Gasteiger partial charge in [0.25, 0.3) is 10.0 Å². The van der Waals surface area contributed by atoms with Gasteiger partial charge in [-0.3, -0.25) is 4.90 Å². The van der Waals surface area contributed by atoms with Gasteiger partial charge in [-0.15, -0.1) is 11.3 Å². The highest BCUT2D eigenvalue weighted by Crippen LogP contribution is 2.28. The van der Waals surface area contributed by atoms with E-state index >= 15 is 0 Å². The molecule has 1 aliphatic heterocycles. The summed E-state index contributed by atoms with van der Waals surface area (Å²) in [4.78, 5) is 2.21. The Bertz CT molecular complexity index is 510. The molecule has 0 amide bonds. The molecule has 5 nitrogen and oxygen atoms in total. The van der Waals surface area contributed by atoms with Crippen molar-refractivity contribution in [1.82, 2.24) is 9.21 Å². The largest absolute Gasteiger partial charge is 0.383 e. The smallest absolute Gasteiger partial charge is 0.252 e. The van der Waals surface area contributed by atoms with Crippen LogP contribution in [0.1, 0.15) is 0 Å². The lowest BCUT2D eigenvalue weighted by molar-refractivity contribution is 0.123. The summed E-state index contributed by atoms with van der Waals surface area (Å²) in [5, 5.41) is 0. The maximum atomic E-state index is 12.4. The Labute approximate surface area is 122 Å². The Morgan fingerprint density at radius 3 is 2.53 bits per heavy atom. The molecule has 8 heteroatoms. The molecule has 1 aromatic heterocycles. The van der Waals surface area contributed by atoms with Gasteiger partial charge in [0.1, 0.15) is 4.21 Å². The van der Waals surface area contributed by atoms with Crippen LogP contribution in [-0.4, -0.2) is 64.1 Å². The van der Waals surface area contributed by atoms with E-state index in [1.165, 1.54) is 4.31 Å². The molecule has 19 heavy (non-hydrogen) atoms. The molecule has 0 bridgehead atoms. The number of sulfonamides is 1. The van der Waals surface area contributed by atoms with Crippen LogP contribution < -0.4 is 0 Å². The summed E-state index contributed by atoms with van der Waals surface area (Å²) in [6.07, 6.45) is 0. The molecule has 0 aliphatic carbocycles. The van der Waals surface area contributed by atoms with Gasteiger partial charge >= 0.3 is 0 Å². The van der Waals surface area contributed by atoms with E-state index in [0.717, 1.165) is 31.0 Å². The van der Waals surface area contributed by atoms with Crippen LogP contribution in [0.5, 0.6) is 0 Å². The molecule has 2 heterocycles. The molecule has 0 saturated carbocycles. The van der Waals surface area contributed by atoms with Crippen LogP contribution in [0.3, 0.4) is 0 Å². The number of hydrogen-bond acceptors (Lipinski definition) is 5. The van der Waals surface area contributed by atoms with Gasteiger partial charge in [0, 0.05) is 39.8 Å². The summed E-state index contributed by atoms with van der Waals surface area (Å²) in [5.74, 6) is 0. The fraction of sp³-hybridized carbons (Fsp3) is 0.636. The molecule has 1 aromatic rings. The van der Waals surface area contributed by atoms with Gasteiger partial charge in [-0.05, 0) is 12.1 Å². The zero-order chi connectivity index (χ0) is 13.9. The molecule has 2 rings (SSSR count). The average molecular weight is 325 g/mol. The van der Waals surface area contributed by atoms with Gasteiger partial charge in [0.2, 0.25) is 0 Å². The molecule has 0 spiro atoms. The Morgan fingerprint density at radius 2 is 2.00 bits per heavy atom. The third-order valence-corrected chi connectivity index (χ3v) is 6.68. The summed E-state index contributed by atoms with van der Waals surface area (Å²) >= 11 is 6.90. The molecule has 1 aliphatic rings. The number of methoxy groups -OCH3 is 1. The maximum absolute atomic E-state index is 12.4. The van der Waals surface area contributed by atoms with Gasteiger partial charge in [-0.25, -0.2) is 8.42 Å². The lowest BCUT2D eigenvalue weighted by atomic mass is 10.4. The molecule has 108 valence electrons. The van der Waals surface area contributed by atoms with E-state index in [1.807, 2.05) is 0 Å². The Balaban J connectivity index is 1.97. The number of halogens is 1. The zero-order valence-electron chi connectivity index (χ0n) is 10.7. The number of thiophene rings is 1. The van der Waals surface area contributed by atoms with Crippen molar-refractivity contribution >= 4 is 33.0 Å². The molecular weight excluding hydrogens is 308 g/mol. The van der Waals surface area contributed by atoms with Crippen molar-refractivity contribution < 1.29 is 13.2 Å². The second-order valence-electron chi connectivity index (χ2n) is 4.30. The standard InChI is InChI=1S/C11H17ClN2O3S2/c1-17-9-8-13-4-6-14(7-5-13)19(15,16)11-3-2-10(12)18-11/h2-3H,4-9H2,1H3.